The van der Waals surface area contributed by atoms with Gasteiger partial charge in [0, 0.05) is 7.05 Å². The monoisotopic (exact) mass is 174 g/mol. The van der Waals surface area contributed by atoms with Crippen molar-refractivity contribution in [1.82, 2.24) is 9.55 Å². The molecule has 44 valence electrons. The molecule has 0 aliphatic rings. The van der Waals surface area contributed by atoms with Crippen LogP contribution < -0.4 is 0 Å². The predicted octanol–water partition coefficient (Wildman–Crippen LogP) is 1.49. The van der Waals surface area contributed by atoms with Crippen molar-refractivity contribution in [2.75, 3.05) is 0 Å². The largest absolute Gasteiger partial charge is 0.328 e. The minimum Gasteiger partial charge on any atom is -0.328 e. The summed E-state index contributed by atoms with van der Waals surface area (Å²) in [6.07, 6.45) is 1.78. The van der Waals surface area contributed by atoms with E-state index in [9.17, 15) is 0 Å². The maximum absolute atomic E-state index is 4.03. The number of aromatic nitrogens is 2. The van der Waals surface area contributed by atoms with Gasteiger partial charge < -0.3 is 4.57 Å². The Morgan fingerprint density at radius 1 is 1.75 bits per heavy atom. The van der Waals surface area contributed by atoms with E-state index >= 15 is 0 Å². The number of nitrogens with zero attached hydrogens (tertiary/aromatic N) is 2. The van der Waals surface area contributed by atoms with Crippen LogP contribution in [0.4, 0.5) is 0 Å². The molecule has 0 N–H and O–H groups in total. The molecule has 1 aromatic rings. The first-order chi connectivity index (χ1) is 3.72. The predicted molar refractivity (Wildman–Crippen MR) is 35.6 cm³/mol. The van der Waals surface area contributed by atoms with Crippen molar-refractivity contribution >= 4 is 15.9 Å². The van der Waals surface area contributed by atoms with Gasteiger partial charge >= 0.3 is 0 Å². The SMILES string of the molecule is Cc1ncn(C)c1Br. The molecular formula is C5H7BrN2. The summed E-state index contributed by atoms with van der Waals surface area (Å²) in [7, 11) is 1.95. The number of rotatable bonds is 0. The molecule has 1 rings (SSSR count). The molecule has 0 fully saturated rings. The Bertz CT molecular complexity index is 173. The molecule has 0 amide bonds. The van der Waals surface area contributed by atoms with Gasteiger partial charge in [0.15, 0.2) is 0 Å². The molecule has 1 aromatic heterocycles. The van der Waals surface area contributed by atoms with Gasteiger partial charge in [0.25, 0.3) is 0 Å². The second kappa shape index (κ2) is 1.90. The molecule has 0 radical (unpaired) electrons. The Labute approximate surface area is 56.7 Å². The average molecular weight is 175 g/mol. The van der Waals surface area contributed by atoms with E-state index in [4.69, 9.17) is 0 Å². The van der Waals surface area contributed by atoms with Crippen LogP contribution in [0.2, 0.25) is 0 Å². The third-order valence-electron chi connectivity index (χ3n) is 1.03. The van der Waals surface area contributed by atoms with Crippen LogP contribution in [-0.2, 0) is 7.05 Å². The van der Waals surface area contributed by atoms with Crippen LogP contribution in [0.15, 0.2) is 10.9 Å². The molecule has 2 nitrogen and oxygen atoms in total. The molecule has 0 aliphatic carbocycles. The molecule has 0 saturated heterocycles. The Morgan fingerprint density at radius 2 is 2.38 bits per heavy atom. The standard InChI is InChI=1S/C5H7BrN2/c1-4-5(6)8(2)3-7-4/h3H,1-2H3. The average Bonchev–Trinajstić information content (AvgIpc) is 1.98. The van der Waals surface area contributed by atoms with Crippen LogP contribution in [0.5, 0.6) is 0 Å². The van der Waals surface area contributed by atoms with Crippen molar-refractivity contribution < 1.29 is 0 Å². The minimum atomic E-state index is 1.03. The second-order valence-corrected chi connectivity index (χ2v) is 2.48. The first-order valence-electron chi connectivity index (χ1n) is 2.35. The van der Waals surface area contributed by atoms with Crippen molar-refractivity contribution in [1.29, 1.82) is 0 Å². The highest BCUT2D eigenvalue weighted by Gasteiger charge is 1.96. The van der Waals surface area contributed by atoms with Crippen molar-refractivity contribution in [2.24, 2.45) is 7.05 Å². The number of halogens is 1. The van der Waals surface area contributed by atoms with E-state index in [1.54, 1.807) is 6.33 Å². The van der Waals surface area contributed by atoms with E-state index < -0.39 is 0 Å². The maximum atomic E-state index is 4.03. The van der Waals surface area contributed by atoms with Crippen molar-refractivity contribution in [3.05, 3.63) is 16.6 Å². The molecule has 0 saturated carbocycles. The molecule has 1 heterocycles. The van der Waals surface area contributed by atoms with Crippen molar-refractivity contribution in [2.45, 2.75) is 6.92 Å². The lowest BCUT2D eigenvalue weighted by Crippen LogP contribution is -1.82. The van der Waals surface area contributed by atoms with Crippen LogP contribution in [0.3, 0.4) is 0 Å². The maximum Gasteiger partial charge on any atom is 0.107 e. The van der Waals surface area contributed by atoms with E-state index in [2.05, 4.69) is 20.9 Å². The molecule has 0 unspecified atom stereocenters. The van der Waals surface area contributed by atoms with E-state index in [0.717, 1.165) is 10.3 Å². The van der Waals surface area contributed by atoms with Crippen LogP contribution in [0.25, 0.3) is 0 Å². The number of aryl methyl sites for hydroxylation is 2. The van der Waals surface area contributed by atoms with E-state index in [1.807, 2.05) is 18.5 Å². The Hall–Kier alpha value is -0.310. The fourth-order valence-corrected chi connectivity index (χ4v) is 0.726. The van der Waals surface area contributed by atoms with Crippen LogP contribution >= 0.6 is 15.9 Å². The van der Waals surface area contributed by atoms with E-state index in [-0.39, 0.29) is 0 Å². The summed E-state index contributed by atoms with van der Waals surface area (Å²) in [6, 6.07) is 0. The van der Waals surface area contributed by atoms with Crippen LogP contribution in [0, 0.1) is 6.92 Å². The van der Waals surface area contributed by atoms with Crippen LogP contribution in [0.1, 0.15) is 5.69 Å². The van der Waals surface area contributed by atoms with Crippen molar-refractivity contribution in [3.63, 3.8) is 0 Å². The van der Waals surface area contributed by atoms with Gasteiger partial charge in [0.1, 0.15) is 4.60 Å². The van der Waals surface area contributed by atoms with Gasteiger partial charge in [-0.1, -0.05) is 0 Å². The van der Waals surface area contributed by atoms with Gasteiger partial charge in [0.05, 0.1) is 12.0 Å². The van der Waals surface area contributed by atoms with Gasteiger partial charge in [-0.05, 0) is 22.9 Å². The normalized spacial score (nSPS) is 9.88. The topological polar surface area (TPSA) is 17.8 Å². The van der Waals surface area contributed by atoms with Gasteiger partial charge in [-0.25, -0.2) is 4.98 Å². The highest BCUT2D eigenvalue weighted by Crippen LogP contribution is 2.11. The molecule has 0 bridgehead atoms. The van der Waals surface area contributed by atoms with E-state index in [0.29, 0.717) is 0 Å². The third-order valence-corrected chi connectivity index (χ3v) is 2.17. The van der Waals surface area contributed by atoms with Gasteiger partial charge in [-0.15, -0.1) is 0 Å². The van der Waals surface area contributed by atoms with Gasteiger partial charge in [0.2, 0.25) is 0 Å². The smallest absolute Gasteiger partial charge is 0.107 e. The molecule has 0 aliphatic heterocycles. The molecule has 0 spiro atoms. The van der Waals surface area contributed by atoms with Crippen molar-refractivity contribution in [3.8, 4) is 0 Å². The highest BCUT2D eigenvalue weighted by atomic mass is 79.9. The number of imidazole rings is 1. The lowest BCUT2D eigenvalue weighted by Gasteiger charge is -1.88. The molecule has 8 heavy (non-hydrogen) atoms. The zero-order chi connectivity index (χ0) is 6.15. The number of hydrogen-bond acceptors (Lipinski definition) is 1. The third kappa shape index (κ3) is 0.777. The van der Waals surface area contributed by atoms with E-state index in [1.165, 1.54) is 0 Å². The summed E-state index contributed by atoms with van der Waals surface area (Å²) in [5, 5.41) is 0. The quantitative estimate of drug-likeness (QED) is 0.584. The van der Waals surface area contributed by atoms with Crippen LogP contribution in [-0.4, -0.2) is 9.55 Å². The summed E-state index contributed by atoms with van der Waals surface area (Å²) in [6.45, 7) is 1.96. The fraction of sp³-hybridized carbons (Fsp3) is 0.400. The minimum absolute atomic E-state index is 1.03. The van der Waals surface area contributed by atoms with Gasteiger partial charge in [-0.2, -0.15) is 0 Å². The zero-order valence-corrected chi connectivity index (χ0v) is 6.44. The second-order valence-electron chi connectivity index (χ2n) is 1.73. The molecule has 0 aromatic carbocycles. The molecular weight excluding hydrogens is 168 g/mol. The molecule has 0 atom stereocenters. The summed E-state index contributed by atoms with van der Waals surface area (Å²) < 4.78 is 2.98. The summed E-state index contributed by atoms with van der Waals surface area (Å²) in [5.74, 6) is 0. The first-order valence-corrected chi connectivity index (χ1v) is 3.14. The van der Waals surface area contributed by atoms with Gasteiger partial charge in [-0.3, -0.25) is 0 Å². The summed E-state index contributed by atoms with van der Waals surface area (Å²) in [5.41, 5.74) is 1.03. The first kappa shape index (κ1) is 5.82. The molecule has 3 heteroatoms. The Balaban J connectivity index is 3.19. The summed E-state index contributed by atoms with van der Waals surface area (Å²) >= 11 is 3.35. The lowest BCUT2D eigenvalue weighted by atomic mass is 10.6. The number of hydrogen-bond donors (Lipinski definition) is 0. The Kier molecular flexibility index (Phi) is 1.38. The lowest BCUT2D eigenvalue weighted by molar-refractivity contribution is 0.889. The fourth-order valence-electron chi connectivity index (χ4n) is 0.532. The summed E-state index contributed by atoms with van der Waals surface area (Å²) in [4.78, 5) is 4.03. The Morgan fingerprint density at radius 3 is 2.50 bits per heavy atom. The zero-order valence-electron chi connectivity index (χ0n) is 4.85. The highest BCUT2D eigenvalue weighted by molar-refractivity contribution is 9.10.